The first-order valence-corrected chi connectivity index (χ1v) is 5.62. The molecule has 2 aromatic rings. The fourth-order valence-corrected chi connectivity index (χ4v) is 1.78. The van der Waals surface area contributed by atoms with Gasteiger partial charge in [-0.15, -0.1) is 0 Å². The Hall–Kier alpha value is -1.70. The van der Waals surface area contributed by atoms with E-state index in [0.29, 0.717) is 11.1 Å². The first kappa shape index (κ1) is 11.8. The summed E-state index contributed by atoms with van der Waals surface area (Å²) in [5, 5.41) is 0. The highest BCUT2D eigenvalue weighted by molar-refractivity contribution is 5.64. The van der Waals surface area contributed by atoms with E-state index in [-0.39, 0.29) is 17.6 Å². The Morgan fingerprint density at radius 2 is 1.53 bits per heavy atom. The molecule has 17 heavy (non-hydrogen) atoms. The average molecular weight is 232 g/mol. The van der Waals surface area contributed by atoms with Crippen LogP contribution < -0.4 is 0 Å². The second-order valence-corrected chi connectivity index (χ2v) is 4.44. The van der Waals surface area contributed by atoms with Crippen molar-refractivity contribution in [2.24, 2.45) is 0 Å². The highest BCUT2D eigenvalue weighted by atomic mass is 19.1. The van der Waals surface area contributed by atoms with Crippen LogP contribution in [0.3, 0.4) is 0 Å². The molecule has 0 amide bonds. The van der Waals surface area contributed by atoms with E-state index in [1.807, 2.05) is 19.9 Å². The van der Waals surface area contributed by atoms with E-state index in [1.165, 1.54) is 24.3 Å². The van der Waals surface area contributed by atoms with Crippen molar-refractivity contribution in [1.82, 2.24) is 0 Å². The van der Waals surface area contributed by atoms with Gasteiger partial charge >= 0.3 is 0 Å². The van der Waals surface area contributed by atoms with Crippen molar-refractivity contribution >= 4 is 0 Å². The van der Waals surface area contributed by atoms with Gasteiger partial charge in [-0.25, -0.2) is 8.78 Å². The van der Waals surface area contributed by atoms with Crippen molar-refractivity contribution in [3.8, 4) is 11.1 Å². The van der Waals surface area contributed by atoms with Gasteiger partial charge in [0.05, 0.1) is 0 Å². The molecule has 0 spiro atoms. The van der Waals surface area contributed by atoms with Gasteiger partial charge in [0, 0.05) is 0 Å². The predicted octanol–water partition coefficient (Wildman–Crippen LogP) is 4.76. The van der Waals surface area contributed by atoms with Crippen LogP contribution in [-0.2, 0) is 0 Å². The smallest absolute Gasteiger partial charge is 0.124 e. The summed E-state index contributed by atoms with van der Waals surface area (Å²) in [4.78, 5) is 0. The largest absolute Gasteiger partial charge is 0.207 e. The summed E-state index contributed by atoms with van der Waals surface area (Å²) in [6, 6.07) is 11.1. The minimum absolute atomic E-state index is 0.248. The molecule has 0 aromatic heterocycles. The van der Waals surface area contributed by atoms with Crippen LogP contribution in [0.1, 0.15) is 25.3 Å². The van der Waals surface area contributed by atoms with Crippen LogP contribution in [0.25, 0.3) is 11.1 Å². The predicted molar refractivity (Wildman–Crippen MR) is 65.9 cm³/mol. The molecule has 0 unspecified atom stereocenters. The van der Waals surface area contributed by atoms with Crippen LogP contribution in [0.15, 0.2) is 42.5 Å². The Morgan fingerprint density at radius 1 is 0.824 bits per heavy atom. The van der Waals surface area contributed by atoms with Gasteiger partial charge in [-0.3, -0.25) is 0 Å². The quantitative estimate of drug-likeness (QED) is 0.700. The standard InChI is InChI=1S/C15H14F2/c1-10(2)12-6-13(9-15(17)8-12)11-4-3-5-14(16)7-11/h3-10H,1-2H3. The van der Waals surface area contributed by atoms with Crippen LogP contribution >= 0.6 is 0 Å². The summed E-state index contributed by atoms with van der Waals surface area (Å²) in [7, 11) is 0. The number of rotatable bonds is 2. The summed E-state index contributed by atoms with van der Waals surface area (Å²) < 4.78 is 26.6. The van der Waals surface area contributed by atoms with Crippen molar-refractivity contribution in [3.05, 3.63) is 59.7 Å². The molecule has 0 fully saturated rings. The van der Waals surface area contributed by atoms with E-state index in [0.717, 1.165) is 5.56 Å². The van der Waals surface area contributed by atoms with Crippen LogP contribution in [0.2, 0.25) is 0 Å². The summed E-state index contributed by atoms with van der Waals surface area (Å²) in [6.07, 6.45) is 0. The van der Waals surface area contributed by atoms with Crippen molar-refractivity contribution in [3.63, 3.8) is 0 Å². The van der Waals surface area contributed by atoms with Gasteiger partial charge in [0.2, 0.25) is 0 Å². The van der Waals surface area contributed by atoms with E-state index in [2.05, 4.69) is 0 Å². The lowest BCUT2D eigenvalue weighted by Crippen LogP contribution is -1.91. The summed E-state index contributed by atoms with van der Waals surface area (Å²) in [5.41, 5.74) is 2.34. The number of hydrogen-bond acceptors (Lipinski definition) is 0. The van der Waals surface area contributed by atoms with Gasteiger partial charge in [0.15, 0.2) is 0 Å². The maximum absolute atomic E-state index is 13.5. The molecule has 0 bridgehead atoms. The molecule has 88 valence electrons. The van der Waals surface area contributed by atoms with E-state index < -0.39 is 0 Å². The van der Waals surface area contributed by atoms with Gasteiger partial charge in [-0.2, -0.15) is 0 Å². The van der Waals surface area contributed by atoms with Crippen LogP contribution in [-0.4, -0.2) is 0 Å². The van der Waals surface area contributed by atoms with Crippen LogP contribution in [0.5, 0.6) is 0 Å². The molecule has 0 N–H and O–H groups in total. The molecule has 0 saturated heterocycles. The molecule has 0 atom stereocenters. The lowest BCUT2D eigenvalue weighted by Gasteiger charge is -2.09. The van der Waals surface area contributed by atoms with E-state index in [4.69, 9.17) is 0 Å². The topological polar surface area (TPSA) is 0 Å². The molecule has 2 aromatic carbocycles. The zero-order valence-electron chi connectivity index (χ0n) is 9.87. The Bertz CT molecular complexity index is 530. The third kappa shape index (κ3) is 2.70. The Balaban J connectivity index is 2.52. The van der Waals surface area contributed by atoms with Crippen LogP contribution in [0, 0.1) is 11.6 Å². The van der Waals surface area contributed by atoms with E-state index >= 15 is 0 Å². The first-order valence-electron chi connectivity index (χ1n) is 5.62. The molecule has 2 rings (SSSR count). The molecule has 0 nitrogen and oxygen atoms in total. The van der Waals surface area contributed by atoms with Crippen molar-refractivity contribution in [1.29, 1.82) is 0 Å². The van der Waals surface area contributed by atoms with Crippen LogP contribution in [0.4, 0.5) is 8.78 Å². The van der Waals surface area contributed by atoms with E-state index in [1.54, 1.807) is 12.1 Å². The third-order valence-electron chi connectivity index (χ3n) is 2.74. The van der Waals surface area contributed by atoms with Crippen molar-refractivity contribution in [2.45, 2.75) is 19.8 Å². The highest BCUT2D eigenvalue weighted by Gasteiger charge is 2.06. The highest BCUT2D eigenvalue weighted by Crippen LogP contribution is 2.25. The van der Waals surface area contributed by atoms with Crippen molar-refractivity contribution in [2.75, 3.05) is 0 Å². The first-order chi connectivity index (χ1) is 8.06. The Morgan fingerprint density at radius 3 is 2.18 bits per heavy atom. The maximum atomic E-state index is 13.5. The summed E-state index contributed by atoms with van der Waals surface area (Å²) in [6.45, 7) is 4.01. The van der Waals surface area contributed by atoms with E-state index in [9.17, 15) is 8.78 Å². The molecule has 2 heteroatoms. The number of hydrogen-bond donors (Lipinski definition) is 0. The molecular formula is C15H14F2. The number of benzene rings is 2. The summed E-state index contributed by atoms with van der Waals surface area (Å²) >= 11 is 0. The molecule has 0 saturated carbocycles. The minimum atomic E-state index is -0.308. The lowest BCUT2D eigenvalue weighted by atomic mass is 9.97. The fraction of sp³-hybridized carbons (Fsp3) is 0.200. The van der Waals surface area contributed by atoms with Gasteiger partial charge in [-0.1, -0.05) is 32.0 Å². The molecule has 0 heterocycles. The monoisotopic (exact) mass is 232 g/mol. The second-order valence-electron chi connectivity index (χ2n) is 4.44. The Labute approximate surface area is 99.9 Å². The molecule has 0 aliphatic heterocycles. The molecule has 0 radical (unpaired) electrons. The lowest BCUT2D eigenvalue weighted by molar-refractivity contribution is 0.622. The average Bonchev–Trinajstić information content (AvgIpc) is 2.28. The Kier molecular flexibility index (Phi) is 3.23. The van der Waals surface area contributed by atoms with Crippen molar-refractivity contribution < 1.29 is 8.78 Å². The number of halogens is 2. The molecular weight excluding hydrogens is 218 g/mol. The third-order valence-corrected chi connectivity index (χ3v) is 2.74. The van der Waals surface area contributed by atoms with Gasteiger partial charge in [-0.05, 0) is 46.9 Å². The van der Waals surface area contributed by atoms with Gasteiger partial charge < -0.3 is 0 Å². The minimum Gasteiger partial charge on any atom is -0.207 e. The summed E-state index contributed by atoms with van der Waals surface area (Å²) in [5.74, 6) is -0.341. The van der Waals surface area contributed by atoms with Gasteiger partial charge in [0.1, 0.15) is 11.6 Å². The molecule has 0 aliphatic carbocycles. The zero-order valence-corrected chi connectivity index (χ0v) is 9.87. The molecule has 0 aliphatic rings. The SMILES string of the molecule is CC(C)c1cc(F)cc(-c2cccc(F)c2)c1. The maximum Gasteiger partial charge on any atom is 0.124 e. The zero-order chi connectivity index (χ0) is 12.4. The fourth-order valence-electron chi connectivity index (χ4n) is 1.78. The second kappa shape index (κ2) is 4.66. The normalized spacial score (nSPS) is 10.9. The van der Waals surface area contributed by atoms with Gasteiger partial charge in [0.25, 0.3) is 0 Å².